The second kappa shape index (κ2) is 7.62. The molecule has 0 heterocycles. The largest absolute Gasteiger partial charge is 0.328 e. The molecule has 0 radical (unpaired) electrons. The average molecular weight is 282 g/mol. The quantitative estimate of drug-likeness (QED) is 0.682. The zero-order valence-electron chi connectivity index (χ0n) is 12.0. The van der Waals surface area contributed by atoms with E-state index in [9.17, 15) is 9.36 Å². The van der Waals surface area contributed by atoms with Gasteiger partial charge in [0.25, 0.3) is 0 Å². The summed E-state index contributed by atoms with van der Waals surface area (Å²) in [6, 6.07) is 9.09. The lowest BCUT2D eigenvalue weighted by Crippen LogP contribution is -2.26. The van der Waals surface area contributed by atoms with Gasteiger partial charge in [-0.1, -0.05) is 44.9 Å². The number of benzene rings is 1. The summed E-state index contributed by atoms with van der Waals surface area (Å²) in [7, 11) is -1.67. The summed E-state index contributed by atoms with van der Waals surface area (Å²) < 4.78 is 18.5. The second-order valence-electron chi connectivity index (χ2n) is 4.59. The van der Waals surface area contributed by atoms with Crippen LogP contribution in [0, 0.1) is 0 Å². The third-order valence-corrected chi connectivity index (χ3v) is 6.28. The fourth-order valence-corrected chi connectivity index (χ4v) is 4.70. The smallest absolute Gasteiger partial charge is 0.242 e. The first-order valence-electron chi connectivity index (χ1n) is 6.83. The molecule has 0 aliphatic rings. The summed E-state index contributed by atoms with van der Waals surface area (Å²) in [5, 5.41) is 0.639. The summed E-state index contributed by atoms with van der Waals surface area (Å²) in [6.45, 7) is 3.88. The highest BCUT2D eigenvalue weighted by Gasteiger charge is 2.38. The summed E-state index contributed by atoms with van der Waals surface area (Å²) in [5.74, 6) is 0.0301. The zero-order chi connectivity index (χ0) is 14.3. The van der Waals surface area contributed by atoms with Crippen molar-refractivity contribution in [3.8, 4) is 0 Å². The lowest BCUT2D eigenvalue weighted by atomic mass is 10.1. The molecule has 0 spiro atoms. The number of rotatable bonds is 8. The standard InChI is InChI=1S/C15H23O3P/c1-4-6-12-15(14(16)5-2)19(17,18-3)13-10-8-7-9-11-13/h7-11,15H,4-6,12H2,1-3H3. The number of Topliss-reactive ketones (excluding diaryl/α,β-unsaturated/α-hetero) is 1. The number of carbonyl (C=O) groups excluding carboxylic acids is 1. The molecule has 0 N–H and O–H groups in total. The van der Waals surface area contributed by atoms with Crippen molar-refractivity contribution < 1.29 is 13.9 Å². The highest BCUT2D eigenvalue weighted by atomic mass is 31.2. The molecule has 1 rings (SSSR count). The van der Waals surface area contributed by atoms with Crippen molar-refractivity contribution in [1.29, 1.82) is 0 Å². The average Bonchev–Trinajstić information content (AvgIpc) is 2.47. The first-order valence-corrected chi connectivity index (χ1v) is 8.53. The first kappa shape index (κ1) is 16.1. The molecule has 0 fully saturated rings. The summed E-state index contributed by atoms with van der Waals surface area (Å²) in [6.07, 6.45) is 2.89. The number of hydrogen-bond acceptors (Lipinski definition) is 3. The van der Waals surface area contributed by atoms with Crippen LogP contribution in [0.3, 0.4) is 0 Å². The van der Waals surface area contributed by atoms with Crippen LogP contribution in [0.4, 0.5) is 0 Å². The predicted molar refractivity (Wildman–Crippen MR) is 79.3 cm³/mol. The molecule has 19 heavy (non-hydrogen) atoms. The Morgan fingerprint density at radius 1 is 1.26 bits per heavy atom. The Bertz CT molecular complexity index is 442. The van der Waals surface area contributed by atoms with E-state index in [0.717, 1.165) is 12.8 Å². The van der Waals surface area contributed by atoms with Crippen molar-refractivity contribution in [2.24, 2.45) is 0 Å². The van der Waals surface area contributed by atoms with Crippen molar-refractivity contribution in [2.75, 3.05) is 7.11 Å². The highest BCUT2D eigenvalue weighted by molar-refractivity contribution is 7.68. The van der Waals surface area contributed by atoms with Crippen LogP contribution in [0.25, 0.3) is 0 Å². The summed E-state index contributed by atoms with van der Waals surface area (Å²) >= 11 is 0. The van der Waals surface area contributed by atoms with Crippen molar-refractivity contribution >= 4 is 18.5 Å². The van der Waals surface area contributed by atoms with E-state index in [1.54, 1.807) is 12.1 Å². The van der Waals surface area contributed by atoms with E-state index >= 15 is 0 Å². The molecule has 0 saturated heterocycles. The Balaban J connectivity index is 3.14. The minimum absolute atomic E-state index is 0.0301. The highest BCUT2D eigenvalue weighted by Crippen LogP contribution is 2.52. The number of carbonyl (C=O) groups is 1. The normalized spacial score (nSPS) is 15.7. The van der Waals surface area contributed by atoms with Crippen molar-refractivity contribution in [3.05, 3.63) is 30.3 Å². The molecule has 0 saturated carbocycles. The molecular formula is C15H23O3P. The lowest BCUT2D eigenvalue weighted by Gasteiger charge is -2.25. The third-order valence-electron chi connectivity index (χ3n) is 3.35. The van der Waals surface area contributed by atoms with Crippen LogP contribution in [-0.4, -0.2) is 18.6 Å². The number of hydrogen-bond donors (Lipinski definition) is 0. The van der Waals surface area contributed by atoms with E-state index in [2.05, 4.69) is 6.92 Å². The molecule has 0 aromatic heterocycles. The molecule has 1 aromatic rings. The molecule has 2 atom stereocenters. The fraction of sp³-hybridized carbons (Fsp3) is 0.533. The van der Waals surface area contributed by atoms with E-state index in [0.29, 0.717) is 18.1 Å². The van der Waals surface area contributed by atoms with Gasteiger partial charge >= 0.3 is 0 Å². The zero-order valence-corrected chi connectivity index (χ0v) is 12.9. The number of unbranched alkanes of at least 4 members (excludes halogenated alkanes) is 1. The van der Waals surface area contributed by atoms with Gasteiger partial charge in [0, 0.05) is 18.8 Å². The van der Waals surface area contributed by atoms with Crippen LogP contribution in [0.15, 0.2) is 30.3 Å². The SMILES string of the molecule is CCCCC(C(=O)CC)P(=O)(OC)c1ccccc1. The van der Waals surface area contributed by atoms with E-state index < -0.39 is 13.0 Å². The fourth-order valence-electron chi connectivity index (χ4n) is 2.20. The molecular weight excluding hydrogens is 259 g/mol. The van der Waals surface area contributed by atoms with E-state index in [1.165, 1.54) is 7.11 Å². The van der Waals surface area contributed by atoms with Gasteiger partial charge in [-0.3, -0.25) is 9.36 Å². The van der Waals surface area contributed by atoms with Gasteiger partial charge in [0.05, 0.1) is 5.66 Å². The van der Waals surface area contributed by atoms with Crippen LogP contribution >= 0.6 is 7.37 Å². The Labute approximate surface area is 115 Å². The van der Waals surface area contributed by atoms with Gasteiger partial charge in [0.2, 0.25) is 7.37 Å². The van der Waals surface area contributed by atoms with Gasteiger partial charge in [-0.25, -0.2) is 0 Å². The van der Waals surface area contributed by atoms with Gasteiger partial charge in [0.1, 0.15) is 5.78 Å². The monoisotopic (exact) mass is 282 g/mol. The van der Waals surface area contributed by atoms with E-state index in [1.807, 2.05) is 25.1 Å². The van der Waals surface area contributed by atoms with Gasteiger partial charge in [-0.2, -0.15) is 0 Å². The second-order valence-corrected chi connectivity index (χ2v) is 7.29. The maximum atomic E-state index is 13.1. The van der Waals surface area contributed by atoms with Crippen LogP contribution < -0.4 is 5.30 Å². The lowest BCUT2D eigenvalue weighted by molar-refractivity contribution is -0.118. The van der Waals surface area contributed by atoms with Crippen molar-refractivity contribution in [2.45, 2.75) is 45.2 Å². The first-order chi connectivity index (χ1) is 9.10. The molecule has 0 aliphatic heterocycles. The Kier molecular flexibility index (Phi) is 6.47. The summed E-state index contributed by atoms with van der Waals surface area (Å²) in [5.41, 5.74) is -0.509. The van der Waals surface area contributed by atoms with Crippen molar-refractivity contribution in [3.63, 3.8) is 0 Å². The molecule has 0 aliphatic carbocycles. The minimum atomic E-state index is -3.11. The molecule has 4 heteroatoms. The van der Waals surface area contributed by atoms with E-state index in [-0.39, 0.29) is 5.78 Å². The summed E-state index contributed by atoms with van der Waals surface area (Å²) in [4.78, 5) is 12.1. The Morgan fingerprint density at radius 2 is 1.89 bits per heavy atom. The minimum Gasteiger partial charge on any atom is -0.328 e. The van der Waals surface area contributed by atoms with Crippen LogP contribution in [0.1, 0.15) is 39.5 Å². The maximum absolute atomic E-state index is 13.1. The Morgan fingerprint density at radius 3 is 2.37 bits per heavy atom. The van der Waals surface area contributed by atoms with Gasteiger partial charge in [0.15, 0.2) is 0 Å². The molecule has 0 bridgehead atoms. The van der Waals surface area contributed by atoms with Crippen LogP contribution in [0.5, 0.6) is 0 Å². The van der Waals surface area contributed by atoms with Crippen LogP contribution in [-0.2, 0) is 13.9 Å². The molecule has 106 valence electrons. The van der Waals surface area contributed by atoms with Crippen LogP contribution in [0.2, 0.25) is 0 Å². The molecule has 0 amide bonds. The predicted octanol–water partition coefficient (Wildman–Crippen LogP) is 3.77. The van der Waals surface area contributed by atoms with Gasteiger partial charge in [-0.05, 0) is 18.6 Å². The topological polar surface area (TPSA) is 43.4 Å². The number of ketones is 1. The molecule has 2 unspecified atom stereocenters. The van der Waals surface area contributed by atoms with E-state index in [4.69, 9.17) is 4.52 Å². The van der Waals surface area contributed by atoms with Gasteiger partial charge in [-0.15, -0.1) is 0 Å². The maximum Gasteiger partial charge on any atom is 0.242 e. The molecule has 1 aromatic carbocycles. The third kappa shape index (κ3) is 3.77. The molecule has 3 nitrogen and oxygen atoms in total. The van der Waals surface area contributed by atoms with Gasteiger partial charge < -0.3 is 4.52 Å². The Hall–Kier alpha value is -0.920. The van der Waals surface area contributed by atoms with Crippen molar-refractivity contribution in [1.82, 2.24) is 0 Å².